The van der Waals surface area contributed by atoms with E-state index in [1.54, 1.807) is 0 Å². The molecule has 1 aromatic carbocycles. The fourth-order valence-electron chi connectivity index (χ4n) is 4.43. The quantitative estimate of drug-likeness (QED) is 0.724. The van der Waals surface area contributed by atoms with Gasteiger partial charge in [-0.1, -0.05) is 57.0 Å². The molecular weight excluding hydrogens is 342 g/mol. The molecule has 6 nitrogen and oxygen atoms in total. The van der Waals surface area contributed by atoms with Crippen LogP contribution < -0.4 is 10.6 Å². The highest BCUT2D eigenvalue weighted by atomic mass is 16.2. The van der Waals surface area contributed by atoms with Crippen LogP contribution in [-0.2, 0) is 15.0 Å². The lowest BCUT2D eigenvalue weighted by molar-refractivity contribution is -0.135. The van der Waals surface area contributed by atoms with Gasteiger partial charge in [-0.05, 0) is 31.2 Å². The number of nitrogens with one attached hydrogen (secondary N) is 2. The van der Waals surface area contributed by atoms with E-state index in [9.17, 15) is 14.4 Å². The van der Waals surface area contributed by atoms with Crippen LogP contribution >= 0.6 is 0 Å². The first-order chi connectivity index (χ1) is 13.0. The van der Waals surface area contributed by atoms with Crippen LogP contribution in [0.3, 0.4) is 0 Å². The minimum absolute atomic E-state index is 0.0508. The minimum atomic E-state index is -0.867. The zero-order chi connectivity index (χ0) is 19.5. The maximum absolute atomic E-state index is 12.6. The van der Waals surface area contributed by atoms with Crippen molar-refractivity contribution in [2.75, 3.05) is 13.1 Å². The second-order valence-electron chi connectivity index (χ2n) is 7.74. The molecule has 1 aromatic rings. The Labute approximate surface area is 160 Å². The van der Waals surface area contributed by atoms with Crippen LogP contribution in [0.15, 0.2) is 30.3 Å². The van der Waals surface area contributed by atoms with Crippen LogP contribution in [0.5, 0.6) is 0 Å². The first kappa shape index (κ1) is 19.4. The summed E-state index contributed by atoms with van der Waals surface area (Å²) in [7, 11) is 0. The Bertz CT molecular complexity index is 707. The fourth-order valence-corrected chi connectivity index (χ4v) is 4.43. The van der Waals surface area contributed by atoms with E-state index < -0.39 is 11.6 Å². The van der Waals surface area contributed by atoms with E-state index in [1.807, 2.05) is 32.0 Å². The lowest BCUT2D eigenvalue weighted by atomic mass is 9.79. The summed E-state index contributed by atoms with van der Waals surface area (Å²) in [5.74, 6) is -0.588. The van der Waals surface area contributed by atoms with Crippen LogP contribution in [0.1, 0.15) is 57.9 Å². The molecule has 4 amide bonds. The number of hydrogen-bond donors (Lipinski definition) is 2. The molecule has 0 radical (unpaired) electrons. The van der Waals surface area contributed by atoms with Crippen LogP contribution in [0.25, 0.3) is 0 Å². The van der Waals surface area contributed by atoms with Gasteiger partial charge in [0, 0.05) is 12.0 Å². The molecule has 1 aliphatic carbocycles. The highest BCUT2D eigenvalue weighted by Gasteiger charge is 2.49. The number of nitrogens with zero attached hydrogens (tertiary/aromatic N) is 1. The molecule has 0 atom stereocenters. The van der Waals surface area contributed by atoms with Gasteiger partial charge < -0.3 is 10.6 Å². The summed E-state index contributed by atoms with van der Waals surface area (Å²) < 4.78 is 0. The number of urea groups is 1. The zero-order valence-electron chi connectivity index (χ0n) is 16.2. The molecule has 27 heavy (non-hydrogen) atoms. The first-order valence-electron chi connectivity index (χ1n) is 9.93. The van der Waals surface area contributed by atoms with Crippen molar-refractivity contribution < 1.29 is 14.4 Å². The molecule has 2 aliphatic rings. The van der Waals surface area contributed by atoms with Crippen LogP contribution in [0.2, 0.25) is 0 Å². The SMILES string of the molecule is CCC1(CC)NC(=O)N(CC(=O)NCC2(c3ccccc3)CCCC2)C1=O. The van der Waals surface area contributed by atoms with Gasteiger partial charge in [0.25, 0.3) is 5.91 Å². The van der Waals surface area contributed by atoms with E-state index in [2.05, 4.69) is 22.8 Å². The third-order valence-corrected chi connectivity index (χ3v) is 6.33. The van der Waals surface area contributed by atoms with Gasteiger partial charge in [-0.25, -0.2) is 4.79 Å². The van der Waals surface area contributed by atoms with Gasteiger partial charge in [0.15, 0.2) is 0 Å². The molecule has 0 unspecified atom stereocenters. The van der Waals surface area contributed by atoms with Crippen molar-refractivity contribution >= 4 is 17.8 Å². The Morgan fingerprint density at radius 1 is 1.11 bits per heavy atom. The largest absolute Gasteiger partial charge is 0.354 e. The van der Waals surface area contributed by atoms with E-state index in [1.165, 1.54) is 5.56 Å². The lowest BCUT2D eigenvalue weighted by Gasteiger charge is -2.30. The number of amides is 4. The smallest absolute Gasteiger partial charge is 0.325 e. The van der Waals surface area contributed by atoms with Gasteiger partial charge in [0.1, 0.15) is 12.1 Å². The Morgan fingerprint density at radius 3 is 2.30 bits per heavy atom. The summed E-state index contributed by atoms with van der Waals surface area (Å²) in [6, 6.07) is 9.81. The molecule has 146 valence electrons. The number of rotatable bonds is 7. The van der Waals surface area contributed by atoms with Gasteiger partial charge in [0.2, 0.25) is 5.91 Å². The van der Waals surface area contributed by atoms with Gasteiger partial charge in [-0.3, -0.25) is 14.5 Å². The molecule has 1 heterocycles. The topological polar surface area (TPSA) is 78.5 Å². The molecule has 6 heteroatoms. The second-order valence-corrected chi connectivity index (χ2v) is 7.74. The van der Waals surface area contributed by atoms with Crippen molar-refractivity contribution in [3.63, 3.8) is 0 Å². The molecule has 1 aliphatic heterocycles. The average Bonchev–Trinajstić information content (AvgIpc) is 3.27. The number of carbonyl (C=O) groups excluding carboxylic acids is 3. The van der Waals surface area contributed by atoms with Crippen molar-refractivity contribution in [3.8, 4) is 0 Å². The van der Waals surface area contributed by atoms with E-state index in [0.29, 0.717) is 19.4 Å². The van der Waals surface area contributed by atoms with Gasteiger partial charge in [-0.15, -0.1) is 0 Å². The summed E-state index contributed by atoms with van der Waals surface area (Å²) in [4.78, 5) is 38.4. The highest BCUT2D eigenvalue weighted by Crippen LogP contribution is 2.40. The molecule has 2 N–H and O–H groups in total. The zero-order valence-corrected chi connectivity index (χ0v) is 16.2. The number of hydrogen-bond acceptors (Lipinski definition) is 3. The Morgan fingerprint density at radius 2 is 1.74 bits per heavy atom. The summed E-state index contributed by atoms with van der Waals surface area (Å²) in [6.45, 7) is 4.05. The van der Waals surface area contributed by atoms with Gasteiger partial charge >= 0.3 is 6.03 Å². The standard InChI is InChI=1S/C21H29N3O3/c1-3-21(4-2)18(26)24(19(27)23-21)14-17(25)22-15-20(12-8-9-13-20)16-10-6-5-7-11-16/h5-7,10-11H,3-4,8-9,12-15H2,1-2H3,(H,22,25)(H,23,27). The molecule has 3 rings (SSSR count). The van der Waals surface area contributed by atoms with Gasteiger partial charge in [-0.2, -0.15) is 0 Å². The van der Waals surface area contributed by atoms with E-state index in [4.69, 9.17) is 0 Å². The maximum Gasteiger partial charge on any atom is 0.325 e. The second kappa shape index (κ2) is 7.71. The van der Waals surface area contributed by atoms with E-state index >= 15 is 0 Å². The average molecular weight is 371 g/mol. The number of imide groups is 1. The van der Waals surface area contributed by atoms with Crippen LogP contribution in [-0.4, -0.2) is 41.4 Å². The highest BCUT2D eigenvalue weighted by molar-refractivity contribution is 6.08. The van der Waals surface area contributed by atoms with Crippen molar-refractivity contribution in [2.45, 2.75) is 63.3 Å². The third kappa shape index (κ3) is 3.57. The normalized spacial score (nSPS) is 20.6. The van der Waals surface area contributed by atoms with E-state index in [0.717, 1.165) is 30.6 Å². The van der Waals surface area contributed by atoms with Crippen molar-refractivity contribution in [2.24, 2.45) is 0 Å². The predicted molar refractivity (Wildman–Crippen MR) is 103 cm³/mol. The molecule has 0 aromatic heterocycles. The Balaban J connectivity index is 1.64. The predicted octanol–water partition coefficient (Wildman–Crippen LogP) is 2.73. The minimum Gasteiger partial charge on any atom is -0.354 e. The molecule has 1 saturated carbocycles. The monoisotopic (exact) mass is 371 g/mol. The summed E-state index contributed by atoms with van der Waals surface area (Å²) in [6.07, 6.45) is 5.40. The lowest BCUT2D eigenvalue weighted by Crippen LogP contribution is -2.47. The Kier molecular flexibility index (Phi) is 5.53. The number of carbonyl (C=O) groups is 3. The molecule has 2 fully saturated rings. The van der Waals surface area contributed by atoms with Crippen molar-refractivity contribution in [3.05, 3.63) is 35.9 Å². The maximum atomic E-state index is 12.6. The van der Waals surface area contributed by atoms with Crippen molar-refractivity contribution in [1.29, 1.82) is 0 Å². The third-order valence-electron chi connectivity index (χ3n) is 6.33. The molecular formula is C21H29N3O3. The fraction of sp³-hybridized carbons (Fsp3) is 0.571. The molecule has 0 spiro atoms. The van der Waals surface area contributed by atoms with Crippen LogP contribution in [0, 0.1) is 0 Å². The summed E-state index contributed by atoms with van der Waals surface area (Å²) in [5, 5.41) is 5.74. The van der Waals surface area contributed by atoms with E-state index in [-0.39, 0.29) is 23.8 Å². The number of benzene rings is 1. The Hall–Kier alpha value is -2.37. The summed E-state index contributed by atoms with van der Waals surface area (Å²) in [5.41, 5.74) is 0.326. The first-order valence-corrected chi connectivity index (χ1v) is 9.93. The van der Waals surface area contributed by atoms with Crippen LogP contribution in [0.4, 0.5) is 4.79 Å². The van der Waals surface area contributed by atoms with Crippen molar-refractivity contribution in [1.82, 2.24) is 15.5 Å². The molecule has 1 saturated heterocycles. The molecule has 0 bridgehead atoms. The summed E-state index contributed by atoms with van der Waals surface area (Å²) >= 11 is 0. The van der Waals surface area contributed by atoms with Gasteiger partial charge in [0.05, 0.1) is 0 Å².